The summed E-state index contributed by atoms with van der Waals surface area (Å²) in [6.07, 6.45) is 0.274. The number of carboxylic acid groups (broad SMARTS) is 1. The van der Waals surface area contributed by atoms with Gasteiger partial charge in [-0.2, -0.15) is 0 Å². The number of ether oxygens (including phenoxy) is 1. The lowest BCUT2D eigenvalue weighted by Gasteiger charge is -2.24. The molecule has 0 unspecified atom stereocenters. The lowest BCUT2D eigenvalue weighted by atomic mass is 9.86. The zero-order chi connectivity index (χ0) is 15.0. The SMILES string of the molecule is O=C(NCCOCC(F)F)NCC1(C(=O)O)CCCC1. The van der Waals surface area contributed by atoms with Crippen LogP contribution in [-0.4, -0.2) is 49.8 Å². The molecule has 1 aliphatic rings. The van der Waals surface area contributed by atoms with Crippen LogP contribution in [0, 0.1) is 5.41 Å². The standard InChI is InChI=1S/C12H20F2N2O4/c13-9(14)7-20-6-5-15-11(19)16-8-12(10(17)18)3-1-2-4-12/h9H,1-8H2,(H,17,18)(H2,15,16,19). The van der Waals surface area contributed by atoms with Crippen LogP contribution in [0.1, 0.15) is 25.7 Å². The Labute approximate surface area is 115 Å². The summed E-state index contributed by atoms with van der Waals surface area (Å²) < 4.78 is 28.1. The number of carbonyl (C=O) groups is 2. The minimum absolute atomic E-state index is 0.0121. The molecule has 1 rings (SSSR count). The summed E-state index contributed by atoms with van der Waals surface area (Å²) >= 11 is 0. The summed E-state index contributed by atoms with van der Waals surface area (Å²) in [6.45, 7) is -0.502. The Balaban J connectivity index is 2.17. The molecular weight excluding hydrogens is 274 g/mol. The minimum Gasteiger partial charge on any atom is -0.481 e. The number of carbonyl (C=O) groups excluding carboxylic acids is 1. The van der Waals surface area contributed by atoms with Gasteiger partial charge in [-0.1, -0.05) is 12.8 Å². The van der Waals surface area contributed by atoms with E-state index < -0.39 is 30.4 Å². The fraction of sp³-hybridized carbons (Fsp3) is 0.833. The molecule has 1 saturated carbocycles. The molecule has 0 aromatic heterocycles. The Morgan fingerprint density at radius 1 is 1.25 bits per heavy atom. The quantitative estimate of drug-likeness (QED) is 0.587. The maximum absolute atomic E-state index is 11.8. The second kappa shape index (κ2) is 7.98. The normalized spacial score (nSPS) is 17.1. The van der Waals surface area contributed by atoms with E-state index in [1.807, 2.05) is 0 Å². The number of carboxylic acids is 1. The average molecular weight is 294 g/mol. The molecule has 116 valence electrons. The van der Waals surface area contributed by atoms with E-state index in [-0.39, 0.29) is 19.7 Å². The van der Waals surface area contributed by atoms with Gasteiger partial charge in [-0.25, -0.2) is 13.6 Å². The number of aliphatic carboxylic acids is 1. The predicted molar refractivity (Wildman–Crippen MR) is 66.8 cm³/mol. The summed E-state index contributed by atoms with van der Waals surface area (Å²) in [7, 11) is 0. The molecular formula is C12H20F2N2O4. The number of urea groups is 1. The Hall–Kier alpha value is -1.44. The molecule has 3 N–H and O–H groups in total. The van der Waals surface area contributed by atoms with E-state index in [0.717, 1.165) is 12.8 Å². The van der Waals surface area contributed by atoms with Crippen molar-refractivity contribution in [1.29, 1.82) is 0 Å². The first kappa shape index (κ1) is 16.6. The number of nitrogens with one attached hydrogen (secondary N) is 2. The largest absolute Gasteiger partial charge is 0.481 e. The van der Waals surface area contributed by atoms with Crippen LogP contribution < -0.4 is 10.6 Å². The van der Waals surface area contributed by atoms with Gasteiger partial charge >= 0.3 is 12.0 Å². The molecule has 0 aromatic rings. The molecule has 0 heterocycles. The molecule has 0 bridgehead atoms. The third-order valence-electron chi connectivity index (χ3n) is 3.38. The maximum Gasteiger partial charge on any atom is 0.314 e. The fourth-order valence-corrected chi connectivity index (χ4v) is 2.24. The first-order valence-electron chi connectivity index (χ1n) is 6.57. The van der Waals surface area contributed by atoms with E-state index in [2.05, 4.69) is 15.4 Å². The van der Waals surface area contributed by atoms with Crippen molar-refractivity contribution < 1.29 is 28.2 Å². The zero-order valence-electron chi connectivity index (χ0n) is 11.2. The van der Waals surface area contributed by atoms with Gasteiger partial charge in [0.25, 0.3) is 6.43 Å². The van der Waals surface area contributed by atoms with Crippen molar-refractivity contribution in [3.8, 4) is 0 Å². The van der Waals surface area contributed by atoms with Crippen LogP contribution in [0.4, 0.5) is 13.6 Å². The number of alkyl halides is 2. The van der Waals surface area contributed by atoms with Crippen LogP contribution in [-0.2, 0) is 9.53 Å². The summed E-state index contributed by atoms with van der Waals surface area (Å²) in [5.74, 6) is -0.893. The van der Waals surface area contributed by atoms with Crippen molar-refractivity contribution in [1.82, 2.24) is 10.6 Å². The Morgan fingerprint density at radius 3 is 2.45 bits per heavy atom. The molecule has 2 amide bonds. The van der Waals surface area contributed by atoms with Gasteiger partial charge in [0.1, 0.15) is 6.61 Å². The molecule has 20 heavy (non-hydrogen) atoms. The van der Waals surface area contributed by atoms with Crippen molar-refractivity contribution in [2.24, 2.45) is 5.41 Å². The van der Waals surface area contributed by atoms with Crippen LogP contribution in [0.25, 0.3) is 0 Å². The highest BCUT2D eigenvalue weighted by molar-refractivity contribution is 5.78. The van der Waals surface area contributed by atoms with E-state index in [1.54, 1.807) is 0 Å². The molecule has 6 nitrogen and oxygen atoms in total. The summed E-state index contributed by atoms with van der Waals surface area (Å²) in [4.78, 5) is 22.7. The predicted octanol–water partition coefficient (Wildman–Crippen LogP) is 1.21. The van der Waals surface area contributed by atoms with Crippen LogP contribution in [0.3, 0.4) is 0 Å². The monoisotopic (exact) mass is 294 g/mol. The Morgan fingerprint density at radius 2 is 1.90 bits per heavy atom. The Bertz CT molecular complexity index is 333. The van der Waals surface area contributed by atoms with Crippen molar-refractivity contribution in [3.05, 3.63) is 0 Å². The van der Waals surface area contributed by atoms with Gasteiger partial charge < -0.3 is 20.5 Å². The van der Waals surface area contributed by atoms with Crippen LogP contribution >= 0.6 is 0 Å². The van der Waals surface area contributed by atoms with E-state index in [1.165, 1.54) is 0 Å². The summed E-state index contributed by atoms with van der Waals surface area (Å²) in [5.41, 5.74) is -0.872. The molecule has 8 heteroatoms. The maximum atomic E-state index is 11.8. The summed E-state index contributed by atoms with van der Waals surface area (Å²) in [6, 6.07) is -0.516. The van der Waals surface area contributed by atoms with Gasteiger partial charge in [0.15, 0.2) is 0 Å². The second-order valence-corrected chi connectivity index (χ2v) is 4.87. The highest BCUT2D eigenvalue weighted by atomic mass is 19.3. The van der Waals surface area contributed by atoms with Gasteiger partial charge in [-0.3, -0.25) is 4.79 Å². The highest BCUT2D eigenvalue weighted by Crippen LogP contribution is 2.37. The van der Waals surface area contributed by atoms with Crippen LogP contribution in [0.5, 0.6) is 0 Å². The number of hydrogen-bond acceptors (Lipinski definition) is 3. The van der Waals surface area contributed by atoms with Crippen molar-refractivity contribution >= 4 is 12.0 Å². The Kier molecular flexibility index (Phi) is 6.63. The highest BCUT2D eigenvalue weighted by Gasteiger charge is 2.41. The van der Waals surface area contributed by atoms with Gasteiger partial charge in [0.05, 0.1) is 12.0 Å². The van der Waals surface area contributed by atoms with Crippen molar-refractivity contribution in [3.63, 3.8) is 0 Å². The average Bonchev–Trinajstić information content (AvgIpc) is 2.85. The third-order valence-corrected chi connectivity index (χ3v) is 3.38. The second-order valence-electron chi connectivity index (χ2n) is 4.87. The smallest absolute Gasteiger partial charge is 0.314 e. The van der Waals surface area contributed by atoms with E-state index in [4.69, 9.17) is 0 Å². The van der Waals surface area contributed by atoms with Crippen LogP contribution in [0.2, 0.25) is 0 Å². The first-order chi connectivity index (χ1) is 9.46. The number of rotatable bonds is 8. The van der Waals surface area contributed by atoms with Gasteiger partial charge in [0, 0.05) is 13.1 Å². The molecule has 0 aromatic carbocycles. The lowest BCUT2D eigenvalue weighted by molar-refractivity contribution is -0.148. The van der Waals surface area contributed by atoms with E-state index in [0.29, 0.717) is 12.8 Å². The number of hydrogen-bond donors (Lipinski definition) is 3. The molecule has 0 spiro atoms. The molecule has 1 aliphatic carbocycles. The van der Waals surface area contributed by atoms with Gasteiger partial charge in [-0.15, -0.1) is 0 Å². The number of amides is 2. The summed E-state index contributed by atoms with van der Waals surface area (Å²) in [5, 5.41) is 14.1. The topological polar surface area (TPSA) is 87.7 Å². The van der Waals surface area contributed by atoms with Gasteiger partial charge in [0.2, 0.25) is 0 Å². The number of halogens is 2. The van der Waals surface area contributed by atoms with E-state index >= 15 is 0 Å². The fourth-order valence-electron chi connectivity index (χ4n) is 2.24. The van der Waals surface area contributed by atoms with Crippen LogP contribution in [0.15, 0.2) is 0 Å². The molecule has 0 atom stereocenters. The van der Waals surface area contributed by atoms with Gasteiger partial charge in [-0.05, 0) is 12.8 Å². The van der Waals surface area contributed by atoms with Crippen molar-refractivity contribution in [2.45, 2.75) is 32.1 Å². The zero-order valence-corrected chi connectivity index (χ0v) is 11.2. The molecule has 0 radical (unpaired) electrons. The minimum atomic E-state index is -2.53. The van der Waals surface area contributed by atoms with Crippen molar-refractivity contribution in [2.75, 3.05) is 26.3 Å². The van der Waals surface area contributed by atoms with E-state index in [9.17, 15) is 23.5 Å². The third kappa shape index (κ3) is 5.28. The first-order valence-corrected chi connectivity index (χ1v) is 6.57. The molecule has 0 saturated heterocycles. The molecule has 1 fully saturated rings. The lowest BCUT2D eigenvalue weighted by Crippen LogP contribution is -2.45. The molecule has 0 aliphatic heterocycles.